The lowest BCUT2D eigenvalue weighted by Gasteiger charge is -2.30. The molecular weight excluding hydrogens is 488 g/mol. The zero-order valence-electron chi connectivity index (χ0n) is 20.8. The van der Waals surface area contributed by atoms with Crippen molar-refractivity contribution in [1.29, 1.82) is 5.41 Å². The number of fused-ring (bicyclic) bond motifs is 1. The lowest BCUT2D eigenvalue weighted by molar-refractivity contribution is -0.134. The summed E-state index contributed by atoms with van der Waals surface area (Å²) in [6.45, 7) is 5.15. The van der Waals surface area contributed by atoms with Crippen molar-refractivity contribution in [2.24, 2.45) is 0 Å². The first kappa shape index (κ1) is 26.0. The maximum Gasteiger partial charge on any atom is 0.261 e. The van der Waals surface area contributed by atoms with Gasteiger partial charge in [-0.3, -0.25) is 19.4 Å². The number of hydrogen-bond donors (Lipinski definition) is 4. The smallest absolute Gasteiger partial charge is 0.261 e. The van der Waals surface area contributed by atoms with E-state index in [2.05, 4.69) is 15.6 Å². The molecule has 0 aliphatic carbocycles. The average Bonchev–Trinajstić information content (AvgIpc) is 3.34. The van der Waals surface area contributed by atoms with Crippen LogP contribution in [0.15, 0.2) is 42.7 Å². The second-order valence-electron chi connectivity index (χ2n) is 8.98. The minimum Gasteiger partial charge on any atom is -0.398 e. The molecule has 3 heterocycles. The summed E-state index contributed by atoms with van der Waals surface area (Å²) in [5.41, 5.74) is 10.0. The number of benzene rings is 1. The quantitative estimate of drug-likeness (QED) is 0.268. The van der Waals surface area contributed by atoms with Crippen LogP contribution in [-0.2, 0) is 24.3 Å². The molecule has 4 rings (SSSR count). The van der Waals surface area contributed by atoms with Crippen LogP contribution in [0.1, 0.15) is 60.5 Å². The highest BCUT2D eigenvalue weighted by Crippen LogP contribution is 2.29. The zero-order chi connectivity index (χ0) is 26.5. The van der Waals surface area contributed by atoms with Gasteiger partial charge in [-0.1, -0.05) is 6.92 Å². The molecule has 1 aliphatic heterocycles. The number of rotatable bonds is 8. The fraction of sp³-hybridized carbons (Fsp3) is 0.296. The number of aryl methyl sites for hydroxylation is 1. The third-order valence-corrected chi connectivity index (χ3v) is 7.73. The van der Waals surface area contributed by atoms with Gasteiger partial charge in [0.15, 0.2) is 0 Å². The van der Waals surface area contributed by atoms with E-state index in [4.69, 9.17) is 11.1 Å². The fourth-order valence-corrected chi connectivity index (χ4v) is 5.32. The SMILES string of the molecule is CC[C@@H](NC(=O)c1ccc(N)c(C=N)c1)C(=O)N1CCc2sc(C(=O)NCc3ccncc3C)cc2C1. The Morgan fingerprint density at radius 2 is 2.05 bits per heavy atom. The molecule has 0 spiro atoms. The van der Waals surface area contributed by atoms with E-state index in [0.717, 1.165) is 27.8 Å². The number of anilines is 1. The Labute approximate surface area is 219 Å². The standard InChI is InChI=1S/C27H30N6O3S/c1-3-22(32-25(34)17-4-5-21(29)19(10-17)12-28)27(36)33-9-7-23-20(15-33)11-24(37-23)26(35)31-14-18-6-8-30-13-16(18)2/h4-6,8,10-13,22,28H,3,7,9,14-15,29H2,1-2H3,(H,31,35)(H,32,34)/t22-/m1/s1. The van der Waals surface area contributed by atoms with Crippen molar-refractivity contribution >= 4 is 41.0 Å². The van der Waals surface area contributed by atoms with Crippen LogP contribution in [0.4, 0.5) is 5.69 Å². The Hall–Kier alpha value is -4.05. The van der Waals surface area contributed by atoms with Crippen molar-refractivity contribution < 1.29 is 14.4 Å². The number of carbonyl (C=O) groups excluding carboxylic acids is 3. The number of nitrogens with two attached hydrogens (primary N) is 1. The number of aromatic nitrogens is 1. The zero-order valence-corrected chi connectivity index (χ0v) is 21.7. The molecule has 0 saturated carbocycles. The van der Waals surface area contributed by atoms with Crippen LogP contribution in [0.25, 0.3) is 0 Å². The molecule has 0 fully saturated rings. The van der Waals surface area contributed by atoms with E-state index in [1.165, 1.54) is 17.4 Å². The van der Waals surface area contributed by atoms with E-state index in [-0.39, 0.29) is 17.7 Å². The van der Waals surface area contributed by atoms with E-state index >= 15 is 0 Å². The van der Waals surface area contributed by atoms with E-state index in [9.17, 15) is 14.4 Å². The Bertz CT molecular complexity index is 1350. The van der Waals surface area contributed by atoms with E-state index in [1.807, 2.05) is 26.0 Å². The highest BCUT2D eigenvalue weighted by Gasteiger charge is 2.29. The van der Waals surface area contributed by atoms with E-state index in [0.29, 0.717) is 54.2 Å². The monoisotopic (exact) mass is 518 g/mol. The first-order chi connectivity index (χ1) is 17.8. The number of pyridine rings is 1. The molecule has 0 unspecified atom stereocenters. The van der Waals surface area contributed by atoms with Crippen molar-refractivity contribution in [1.82, 2.24) is 20.5 Å². The maximum absolute atomic E-state index is 13.3. The predicted molar refractivity (Wildman–Crippen MR) is 144 cm³/mol. The molecule has 192 valence electrons. The van der Waals surface area contributed by atoms with Crippen LogP contribution >= 0.6 is 11.3 Å². The predicted octanol–water partition coefficient (Wildman–Crippen LogP) is 3.05. The maximum atomic E-state index is 13.3. The second-order valence-corrected chi connectivity index (χ2v) is 10.1. The van der Waals surface area contributed by atoms with Crippen LogP contribution in [0, 0.1) is 12.3 Å². The Morgan fingerprint density at radius 1 is 1.24 bits per heavy atom. The third-order valence-electron chi connectivity index (χ3n) is 6.49. The van der Waals surface area contributed by atoms with Crippen molar-refractivity contribution in [2.45, 2.75) is 45.8 Å². The first-order valence-corrected chi connectivity index (χ1v) is 12.9. The molecule has 3 aromatic rings. The molecule has 5 N–H and O–H groups in total. The van der Waals surface area contributed by atoms with Crippen molar-refractivity contribution in [2.75, 3.05) is 12.3 Å². The summed E-state index contributed by atoms with van der Waals surface area (Å²) in [5, 5.41) is 13.2. The van der Waals surface area contributed by atoms with Gasteiger partial charge in [-0.25, -0.2) is 0 Å². The number of nitrogens with zero attached hydrogens (tertiary/aromatic N) is 2. The molecule has 3 amide bonds. The summed E-state index contributed by atoms with van der Waals surface area (Å²) in [5.74, 6) is -0.686. The molecule has 0 bridgehead atoms. The van der Waals surface area contributed by atoms with Gasteiger partial charge in [0.25, 0.3) is 11.8 Å². The number of thiophene rings is 1. The van der Waals surface area contributed by atoms with E-state index in [1.54, 1.807) is 29.4 Å². The van der Waals surface area contributed by atoms with Gasteiger partial charge < -0.3 is 26.7 Å². The van der Waals surface area contributed by atoms with Gasteiger partial charge in [0.05, 0.1) is 4.88 Å². The van der Waals surface area contributed by atoms with Crippen LogP contribution < -0.4 is 16.4 Å². The van der Waals surface area contributed by atoms with E-state index < -0.39 is 6.04 Å². The Morgan fingerprint density at radius 3 is 2.78 bits per heavy atom. The highest BCUT2D eigenvalue weighted by molar-refractivity contribution is 7.14. The van der Waals surface area contributed by atoms with Gasteiger partial charge in [-0.2, -0.15) is 0 Å². The molecule has 1 aromatic carbocycles. The lowest BCUT2D eigenvalue weighted by atomic mass is 10.1. The van der Waals surface area contributed by atoms with Gasteiger partial charge in [0.2, 0.25) is 5.91 Å². The minimum atomic E-state index is -0.681. The molecule has 10 heteroatoms. The lowest BCUT2D eigenvalue weighted by Crippen LogP contribution is -2.49. The number of nitrogen functional groups attached to an aromatic ring is 1. The van der Waals surface area contributed by atoms with Gasteiger partial charge in [0, 0.05) is 59.9 Å². The minimum absolute atomic E-state index is 0.139. The summed E-state index contributed by atoms with van der Waals surface area (Å²) < 4.78 is 0. The van der Waals surface area contributed by atoms with Crippen molar-refractivity contribution in [3.05, 3.63) is 80.3 Å². The topological polar surface area (TPSA) is 141 Å². The molecule has 9 nitrogen and oxygen atoms in total. The summed E-state index contributed by atoms with van der Waals surface area (Å²) in [7, 11) is 0. The average molecular weight is 519 g/mol. The second kappa shape index (κ2) is 11.3. The molecule has 2 aromatic heterocycles. The summed E-state index contributed by atoms with van der Waals surface area (Å²) in [4.78, 5) is 46.4. The summed E-state index contributed by atoms with van der Waals surface area (Å²) in [6.07, 6.45) is 5.67. The van der Waals surface area contributed by atoms with Crippen LogP contribution in [0.5, 0.6) is 0 Å². The first-order valence-electron chi connectivity index (χ1n) is 12.1. The van der Waals surface area contributed by atoms with Gasteiger partial charge >= 0.3 is 0 Å². The summed E-state index contributed by atoms with van der Waals surface area (Å²) in [6, 6.07) is 7.77. The normalized spacial score (nSPS) is 13.4. The largest absolute Gasteiger partial charge is 0.398 e. The Balaban J connectivity index is 1.39. The fourth-order valence-electron chi connectivity index (χ4n) is 4.24. The third kappa shape index (κ3) is 5.86. The molecule has 0 saturated heterocycles. The molecule has 1 atom stereocenters. The van der Waals surface area contributed by atoms with Gasteiger partial charge in [-0.15, -0.1) is 11.3 Å². The van der Waals surface area contributed by atoms with Crippen molar-refractivity contribution in [3.63, 3.8) is 0 Å². The number of hydrogen-bond acceptors (Lipinski definition) is 7. The molecular formula is C27H30N6O3S. The molecule has 37 heavy (non-hydrogen) atoms. The number of amides is 3. The Kier molecular flexibility index (Phi) is 7.98. The van der Waals surface area contributed by atoms with Crippen molar-refractivity contribution in [3.8, 4) is 0 Å². The van der Waals surface area contributed by atoms with Crippen LogP contribution in [-0.4, -0.2) is 46.4 Å². The molecule has 1 aliphatic rings. The van der Waals surface area contributed by atoms with Crippen LogP contribution in [0.2, 0.25) is 0 Å². The highest BCUT2D eigenvalue weighted by atomic mass is 32.1. The molecule has 0 radical (unpaired) electrons. The number of carbonyl (C=O) groups is 3. The summed E-state index contributed by atoms with van der Waals surface area (Å²) >= 11 is 1.46. The number of nitrogens with one attached hydrogen (secondary N) is 3. The van der Waals surface area contributed by atoms with Gasteiger partial charge in [0.1, 0.15) is 6.04 Å². The van der Waals surface area contributed by atoms with Crippen LogP contribution in [0.3, 0.4) is 0 Å². The van der Waals surface area contributed by atoms with Gasteiger partial charge in [-0.05, 0) is 66.8 Å².